The van der Waals surface area contributed by atoms with Gasteiger partial charge in [0.05, 0.1) is 19.5 Å². The van der Waals surface area contributed by atoms with Crippen molar-refractivity contribution in [3.8, 4) is 0 Å². The summed E-state index contributed by atoms with van der Waals surface area (Å²) in [7, 11) is -16.4. The number of aliphatic hydroxyl groups is 2. The number of hydrogen-bond acceptors (Lipinski definition) is 19. The van der Waals surface area contributed by atoms with Gasteiger partial charge < -0.3 is 50.9 Å². The number of ketones is 1. The molecule has 0 aromatic carbocycles. The number of nitrogens with two attached hydrogens (primary N) is 1. The minimum atomic E-state index is -5.58. The van der Waals surface area contributed by atoms with Gasteiger partial charge in [0.15, 0.2) is 22.8 Å². The van der Waals surface area contributed by atoms with Crippen LogP contribution in [-0.4, -0.2) is 128 Å². The maximum absolute atomic E-state index is 12.7. The van der Waals surface area contributed by atoms with Crippen molar-refractivity contribution < 1.29 is 85.3 Å². The third kappa shape index (κ3) is 18.3. The van der Waals surface area contributed by atoms with Gasteiger partial charge in [-0.2, -0.15) is 4.31 Å². The summed E-state index contributed by atoms with van der Waals surface area (Å²) in [6.45, 7) is 2.59. The molecule has 0 spiro atoms. The highest BCUT2D eigenvalue weighted by Gasteiger charge is 2.50. The minimum Gasteiger partial charge on any atom is -0.386 e. The molecule has 2 aromatic heterocycles. The van der Waals surface area contributed by atoms with E-state index in [4.69, 9.17) is 19.5 Å². The van der Waals surface area contributed by atoms with Gasteiger partial charge in [0.1, 0.15) is 42.0 Å². The second kappa shape index (κ2) is 26.4. The molecule has 2 aliphatic rings. The molecule has 2 unspecified atom stereocenters. The Bertz CT molecular complexity index is 2200. The van der Waals surface area contributed by atoms with E-state index in [0.29, 0.717) is 30.3 Å². The van der Waals surface area contributed by atoms with Gasteiger partial charge in [0.2, 0.25) is 11.8 Å². The lowest BCUT2D eigenvalue weighted by molar-refractivity contribution is -0.137. The summed E-state index contributed by atoms with van der Waals surface area (Å²) in [5.74, 6) is -0.0584. The molecule has 9 atom stereocenters. The lowest BCUT2D eigenvalue weighted by Gasteiger charge is -2.30. The van der Waals surface area contributed by atoms with Gasteiger partial charge in [-0.3, -0.25) is 37.3 Å². The summed E-state index contributed by atoms with van der Waals surface area (Å²) in [6, 6.07) is 0. The lowest BCUT2D eigenvalue weighted by atomic mass is 9.87. The van der Waals surface area contributed by atoms with E-state index in [1.54, 1.807) is 0 Å². The van der Waals surface area contributed by atoms with E-state index in [2.05, 4.69) is 53.5 Å². The number of aliphatic hydroxyl groups excluding tert-OH is 2. The van der Waals surface area contributed by atoms with E-state index in [0.717, 1.165) is 86.8 Å². The summed E-state index contributed by atoms with van der Waals surface area (Å²) < 4.78 is 62.4. The number of fused-ring (bicyclic) bond motifs is 1. The fraction of sp³-hybridized carbons (Fsp3) is 0.718. The van der Waals surface area contributed by atoms with E-state index < -0.39 is 84.6 Å². The number of thioether (sulfide) groups is 1. The zero-order valence-corrected chi connectivity index (χ0v) is 41.6. The number of carbonyl (C=O) groups is 4. The normalized spacial score (nSPS) is 23.5. The Kier molecular flexibility index (Phi) is 22.4. The molecule has 0 radical (unpaired) electrons. The maximum atomic E-state index is 12.7. The molecule has 2 fully saturated rings. The van der Waals surface area contributed by atoms with Crippen molar-refractivity contribution >= 4 is 74.9 Å². The van der Waals surface area contributed by atoms with Crippen molar-refractivity contribution in [2.75, 3.05) is 37.8 Å². The molecule has 10 N–H and O–H groups in total. The second-order valence-electron chi connectivity index (χ2n) is 17.1. The minimum absolute atomic E-state index is 0.0291. The van der Waals surface area contributed by atoms with E-state index in [9.17, 15) is 62.7 Å². The Morgan fingerprint density at radius 3 is 2.43 bits per heavy atom. The fourth-order valence-corrected chi connectivity index (χ4v) is 11.2. The van der Waals surface area contributed by atoms with E-state index in [-0.39, 0.29) is 47.5 Å². The number of nitrogens with zero attached hydrogens (tertiary/aromatic N) is 4. The largest absolute Gasteiger partial charge is 0.481 e. The van der Waals surface area contributed by atoms with Crippen LogP contribution >= 0.6 is 35.2 Å². The van der Waals surface area contributed by atoms with Crippen molar-refractivity contribution in [2.24, 2.45) is 17.3 Å². The Balaban J connectivity index is 1.09. The lowest BCUT2D eigenvalue weighted by Crippen LogP contribution is -2.46. The molecule has 384 valence electrons. The number of allylic oxidation sites excluding steroid dienone is 2. The highest BCUT2D eigenvalue weighted by molar-refractivity contribution is 8.13. The molecule has 1 aliphatic carbocycles. The van der Waals surface area contributed by atoms with Crippen LogP contribution in [0.15, 0.2) is 24.8 Å². The molecule has 1 aliphatic heterocycles. The van der Waals surface area contributed by atoms with Crippen LogP contribution in [-0.2, 0) is 55.5 Å². The number of unbranched alkanes of at least 4 members (excludes halogenated alkanes) is 4. The first-order valence-corrected chi connectivity index (χ1v) is 27.7. The van der Waals surface area contributed by atoms with Crippen molar-refractivity contribution in [3.05, 3.63) is 24.8 Å². The van der Waals surface area contributed by atoms with Crippen LogP contribution in [0.25, 0.3) is 11.2 Å². The summed E-state index contributed by atoms with van der Waals surface area (Å²) in [6.07, 6.45) is 7.21. The maximum Gasteiger partial charge on any atom is 0.481 e. The topological polar surface area (TPSA) is 381 Å². The van der Waals surface area contributed by atoms with Gasteiger partial charge >= 0.3 is 23.5 Å². The van der Waals surface area contributed by atoms with Crippen molar-refractivity contribution in [3.63, 3.8) is 0 Å². The van der Waals surface area contributed by atoms with E-state index in [1.165, 1.54) is 13.8 Å². The average molecular weight is 1040 g/mol. The van der Waals surface area contributed by atoms with Gasteiger partial charge in [-0.05, 0) is 38.0 Å². The monoisotopic (exact) mass is 1040 g/mol. The van der Waals surface area contributed by atoms with Crippen molar-refractivity contribution in [1.29, 1.82) is 0 Å². The zero-order chi connectivity index (χ0) is 50.3. The van der Waals surface area contributed by atoms with Crippen LogP contribution in [0.2, 0.25) is 0 Å². The number of imidazole rings is 1. The van der Waals surface area contributed by atoms with E-state index >= 15 is 0 Å². The number of rotatable bonds is 30. The molecule has 0 bridgehead atoms. The molecule has 1 saturated carbocycles. The number of ether oxygens (including phenoxy) is 1. The number of hydrogen-bond donors (Lipinski definition) is 9. The van der Waals surface area contributed by atoms with Crippen LogP contribution in [0.1, 0.15) is 104 Å². The molecule has 3 heterocycles. The third-order valence-corrected chi connectivity index (χ3v) is 15.3. The third-order valence-electron chi connectivity index (χ3n) is 11.3. The molecule has 68 heavy (non-hydrogen) atoms. The van der Waals surface area contributed by atoms with Crippen LogP contribution in [0.5, 0.6) is 0 Å². The SMILES string of the molecule is CC/C=C\C[C@@H]1C(=O)CC[C@@H]1CCCCCCCC(=O)SCCNC(=O)CCNC(=O)[C@H](O)C(C)(C)COP(=O)(O)OP(=O)(O)OC[C@H]1O[C@@H](n2cnc3c(N)ncnc32)[C@H](O)[C@@H]1OP(=O)(O)O. The smallest absolute Gasteiger partial charge is 0.386 e. The van der Waals surface area contributed by atoms with Crippen molar-refractivity contribution in [2.45, 2.75) is 128 Å². The number of nitrogen functional groups attached to an aromatic ring is 1. The number of anilines is 1. The highest BCUT2D eigenvalue weighted by Crippen LogP contribution is 2.61. The number of Topliss-reactive ketones (excluding diaryl/α,β-unsaturated/α-hetero) is 1. The Labute approximate surface area is 397 Å². The van der Waals surface area contributed by atoms with Crippen LogP contribution in [0.3, 0.4) is 0 Å². The van der Waals surface area contributed by atoms with E-state index in [1.807, 2.05) is 0 Å². The Hall–Kier alpha value is -3.03. The fourth-order valence-electron chi connectivity index (χ4n) is 7.63. The average Bonchev–Trinajstić information content (AvgIpc) is 3.94. The Morgan fingerprint density at radius 2 is 1.71 bits per heavy atom. The number of phosphoric ester groups is 3. The van der Waals surface area contributed by atoms with Gasteiger partial charge in [-0.1, -0.05) is 70.4 Å². The molecule has 1 saturated heterocycles. The molecule has 25 nitrogen and oxygen atoms in total. The van der Waals surface area contributed by atoms with Gasteiger partial charge in [-0.15, -0.1) is 0 Å². The first-order valence-electron chi connectivity index (χ1n) is 22.2. The number of phosphoric acid groups is 3. The molecular weight excluding hydrogens is 979 g/mol. The van der Waals surface area contributed by atoms with Crippen LogP contribution in [0, 0.1) is 17.3 Å². The molecule has 2 amide bonds. The van der Waals surface area contributed by atoms with Gasteiger partial charge in [0.25, 0.3) is 0 Å². The predicted octanol–water partition coefficient (Wildman–Crippen LogP) is 3.35. The van der Waals surface area contributed by atoms with Crippen LogP contribution in [0.4, 0.5) is 5.82 Å². The number of amides is 2. The molecule has 29 heteroatoms. The molecule has 4 rings (SSSR count). The summed E-state index contributed by atoms with van der Waals surface area (Å²) in [5, 5.41) is 26.6. The number of carbonyl (C=O) groups excluding carboxylic acids is 4. The molecule has 2 aromatic rings. The zero-order valence-electron chi connectivity index (χ0n) is 38.1. The Morgan fingerprint density at radius 1 is 1.00 bits per heavy atom. The molecular formula is C39H64N7O18P3S. The summed E-state index contributed by atoms with van der Waals surface area (Å²) in [5.41, 5.74) is 4.27. The summed E-state index contributed by atoms with van der Waals surface area (Å²) in [4.78, 5) is 101. The van der Waals surface area contributed by atoms with Crippen LogP contribution < -0.4 is 16.4 Å². The number of nitrogens with one attached hydrogen (secondary N) is 2. The first-order chi connectivity index (χ1) is 31.9. The highest BCUT2D eigenvalue weighted by atomic mass is 32.2. The predicted molar refractivity (Wildman–Crippen MR) is 245 cm³/mol. The van der Waals surface area contributed by atoms with Gasteiger partial charge in [-0.25, -0.2) is 28.6 Å². The van der Waals surface area contributed by atoms with Gasteiger partial charge in [0, 0.05) is 49.4 Å². The number of aromatic nitrogens is 4. The first kappa shape index (κ1) is 57.5. The van der Waals surface area contributed by atoms with Crippen molar-refractivity contribution in [1.82, 2.24) is 30.2 Å². The second-order valence-corrected chi connectivity index (χ2v) is 22.5. The summed E-state index contributed by atoms with van der Waals surface area (Å²) >= 11 is 1.13. The standard InChI is InChI=1S/C39H64N7O18P3S/c1-4-5-9-13-26-25(15-16-27(26)47)12-10-7-6-8-11-14-30(49)68-20-19-41-29(48)17-18-42-37(52)34(51)39(2,3)22-61-67(58,59)64-66(56,57)60-21-28-33(63-65(53,54)55)32(50)38(62-28)46-24-45-31-35(40)43-23-44-36(31)46/h5,9,23-26,28,32-34,38,50-51H,4,6-8,10-22H2,1-3H3,(H,41,48)(H,42,52)(H,56,57)(H,58,59)(H2,40,43,44)(H2,53,54,55)/b9-5-/t25-,26-,28+,32+,33+,34-,38+/m0/s1. The quantitative estimate of drug-likeness (QED) is 0.0308.